The Kier molecular flexibility index (Phi) is 65.4. The number of rotatable bonds is 66. The second-order valence-corrected chi connectivity index (χ2v) is 24.2. The Hall–Kier alpha value is -1.66. The Bertz CT molecular complexity index is 1200. The Labute approximate surface area is 481 Å². The number of carbonyl (C=O) groups excluding carboxylic acids is 2. The molecule has 6 nitrogen and oxygen atoms in total. The number of carbonyl (C=O) groups is 2. The summed E-state index contributed by atoms with van der Waals surface area (Å²) in [7, 11) is 0. The van der Waals surface area contributed by atoms with Gasteiger partial charge in [0, 0.05) is 12.8 Å². The molecule has 0 aromatic carbocycles. The molecule has 0 spiro atoms. The zero-order valence-electron chi connectivity index (χ0n) is 52.2. The molecule has 0 saturated heterocycles. The number of allylic oxidation sites excluding steroid dienone is 4. The minimum absolute atomic E-state index is 0.0199. The largest absolute Gasteiger partial charge is 0.466 e. The summed E-state index contributed by atoms with van der Waals surface area (Å²) in [6.07, 6.45) is 83.9. The molecule has 456 valence electrons. The predicted molar refractivity (Wildman–Crippen MR) is 338 cm³/mol. The van der Waals surface area contributed by atoms with Gasteiger partial charge in [-0.2, -0.15) is 0 Å². The van der Waals surface area contributed by atoms with Gasteiger partial charge in [0.1, 0.15) is 0 Å². The van der Waals surface area contributed by atoms with Crippen LogP contribution in [0.15, 0.2) is 24.3 Å². The van der Waals surface area contributed by atoms with Crippen LogP contribution in [0.25, 0.3) is 0 Å². The van der Waals surface area contributed by atoms with Crippen LogP contribution >= 0.6 is 0 Å². The monoisotopic (exact) mass is 1080 g/mol. The van der Waals surface area contributed by atoms with Crippen LogP contribution in [-0.4, -0.2) is 47.4 Å². The summed E-state index contributed by atoms with van der Waals surface area (Å²) in [5, 5.41) is 23.2. The predicted octanol–water partition coefficient (Wildman–Crippen LogP) is 22.5. The quantitative estimate of drug-likeness (QED) is 0.0320. The van der Waals surface area contributed by atoms with Gasteiger partial charge in [-0.25, -0.2) is 0 Å². The third-order valence-electron chi connectivity index (χ3n) is 16.5. The minimum Gasteiger partial charge on any atom is -0.466 e. The average molecular weight is 1080 g/mol. The molecule has 0 aromatic rings. The summed E-state index contributed by atoms with van der Waals surface area (Å²) >= 11 is 0. The van der Waals surface area contributed by atoms with Crippen molar-refractivity contribution < 1.29 is 24.5 Å². The fourth-order valence-electron chi connectivity index (χ4n) is 11.1. The van der Waals surface area contributed by atoms with Crippen LogP contribution in [0.5, 0.6) is 0 Å². The van der Waals surface area contributed by atoms with Crippen LogP contribution in [0.4, 0.5) is 0 Å². The molecule has 0 aliphatic heterocycles. The molecule has 0 aromatic heterocycles. The molecule has 77 heavy (non-hydrogen) atoms. The first-order valence-electron chi connectivity index (χ1n) is 35.1. The third-order valence-corrected chi connectivity index (χ3v) is 16.5. The first kappa shape index (κ1) is 75.3. The summed E-state index contributed by atoms with van der Waals surface area (Å²) in [4.78, 5) is 24.5. The average Bonchev–Trinajstić information content (AvgIpc) is 3.43. The Morgan fingerprint density at radius 3 is 0.987 bits per heavy atom. The topological polar surface area (TPSA) is 95.9 Å². The summed E-state index contributed by atoms with van der Waals surface area (Å²) in [6, 6.07) is -0.537. The van der Waals surface area contributed by atoms with Crippen molar-refractivity contribution in [1.29, 1.82) is 0 Å². The maximum absolute atomic E-state index is 12.5. The van der Waals surface area contributed by atoms with Gasteiger partial charge in [-0.1, -0.05) is 346 Å². The number of aliphatic hydroxyl groups excluding tert-OH is 2. The standard InChI is InChI=1S/C71H137NO5/c1-3-5-7-9-11-13-15-45-49-53-57-61-65-71(76)77-66-62-58-54-50-46-42-40-38-36-34-32-30-28-26-24-22-20-18-16-17-19-21-23-25-27-29-31-33-35-37-39-41-44-48-52-56-60-64-70(75)72-68(67-73)69(74)63-59-55-51-47-43-14-12-10-8-6-4-2/h16,18,22,24,68-69,73-74H,3-15,17,19-21,23,25-67H2,1-2H3,(H,72,75)/b18-16-,24-22-. The molecule has 6 heteroatoms. The van der Waals surface area contributed by atoms with Gasteiger partial charge in [0.05, 0.1) is 25.4 Å². The van der Waals surface area contributed by atoms with E-state index in [1.165, 1.54) is 315 Å². The van der Waals surface area contributed by atoms with Crippen LogP contribution in [0.3, 0.4) is 0 Å². The molecular weight excluding hydrogens is 947 g/mol. The maximum Gasteiger partial charge on any atom is 0.305 e. The summed E-state index contributed by atoms with van der Waals surface area (Å²) in [5.74, 6) is -0.0115. The molecule has 3 N–H and O–H groups in total. The van der Waals surface area contributed by atoms with E-state index in [0.717, 1.165) is 44.9 Å². The van der Waals surface area contributed by atoms with Gasteiger partial charge in [0.15, 0.2) is 0 Å². The number of hydrogen-bond donors (Lipinski definition) is 3. The minimum atomic E-state index is -0.660. The van der Waals surface area contributed by atoms with Gasteiger partial charge in [0.25, 0.3) is 0 Å². The zero-order valence-corrected chi connectivity index (χ0v) is 52.2. The molecule has 0 heterocycles. The highest BCUT2D eigenvalue weighted by atomic mass is 16.5. The van der Waals surface area contributed by atoms with Crippen molar-refractivity contribution in [3.63, 3.8) is 0 Å². The first-order valence-corrected chi connectivity index (χ1v) is 35.1. The van der Waals surface area contributed by atoms with Crippen LogP contribution in [0.2, 0.25) is 0 Å². The molecule has 0 rings (SSSR count). The van der Waals surface area contributed by atoms with Crippen molar-refractivity contribution in [2.24, 2.45) is 0 Å². The van der Waals surface area contributed by atoms with Crippen molar-refractivity contribution in [2.75, 3.05) is 13.2 Å². The molecule has 0 fully saturated rings. The Morgan fingerprint density at radius 1 is 0.364 bits per heavy atom. The maximum atomic E-state index is 12.5. The number of ether oxygens (including phenoxy) is 1. The van der Waals surface area contributed by atoms with Crippen molar-refractivity contribution in [3.05, 3.63) is 24.3 Å². The molecular formula is C71H137NO5. The van der Waals surface area contributed by atoms with E-state index in [-0.39, 0.29) is 18.5 Å². The van der Waals surface area contributed by atoms with E-state index in [0.29, 0.717) is 25.9 Å². The Balaban J connectivity index is 3.34. The molecule has 0 saturated carbocycles. The van der Waals surface area contributed by atoms with Crippen molar-refractivity contribution >= 4 is 11.9 Å². The molecule has 0 aliphatic rings. The second-order valence-electron chi connectivity index (χ2n) is 24.2. The van der Waals surface area contributed by atoms with Crippen molar-refractivity contribution in [3.8, 4) is 0 Å². The van der Waals surface area contributed by atoms with E-state index in [1.54, 1.807) is 0 Å². The van der Waals surface area contributed by atoms with Crippen LogP contribution < -0.4 is 5.32 Å². The van der Waals surface area contributed by atoms with Gasteiger partial charge in [-0.3, -0.25) is 9.59 Å². The van der Waals surface area contributed by atoms with E-state index in [1.807, 2.05) is 0 Å². The van der Waals surface area contributed by atoms with Gasteiger partial charge in [0.2, 0.25) is 5.91 Å². The second kappa shape index (κ2) is 66.8. The van der Waals surface area contributed by atoms with Gasteiger partial charge < -0.3 is 20.3 Å². The fourth-order valence-corrected chi connectivity index (χ4v) is 11.1. The normalized spacial score (nSPS) is 12.6. The smallest absolute Gasteiger partial charge is 0.305 e. The lowest BCUT2D eigenvalue weighted by molar-refractivity contribution is -0.143. The lowest BCUT2D eigenvalue weighted by Crippen LogP contribution is -2.45. The van der Waals surface area contributed by atoms with Gasteiger partial charge >= 0.3 is 5.97 Å². The summed E-state index contributed by atoms with van der Waals surface area (Å²) in [6.45, 7) is 4.97. The number of esters is 1. The van der Waals surface area contributed by atoms with Gasteiger partial charge in [-0.05, 0) is 57.8 Å². The molecule has 1 amide bonds. The van der Waals surface area contributed by atoms with E-state index in [4.69, 9.17) is 4.74 Å². The third kappa shape index (κ3) is 63.4. The van der Waals surface area contributed by atoms with E-state index in [9.17, 15) is 19.8 Å². The van der Waals surface area contributed by atoms with E-state index < -0.39 is 12.1 Å². The van der Waals surface area contributed by atoms with Crippen molar-refractivity contribution in [2.45, 2.75) is 405 Å². The number of aliphatic hydroxyl groups is 2. The Morgan fingerprint density at radius 2 is 0.649 bits per heavy atom. The van der Waals surface area contributed by atoms with Crippen LogP contribution in [0, 0.1) is 0 Å². The number of nitrogens with one attached hydrogen (secondary N) is 1. The number of hydrogen-bond acceptors (Lipinski definition) is 5. The molecule has 2 atom stereocenters. The highest BCUT2D eigenvalue weighted by Crippen LogP contribution is 2.19. The molecule has 2 unspecified atom stereocenters. The van der Waals surface area contributed by atoms with E-state index >= 15 is 0 Å². The lowest BCUT2D eigenvalue weighted by Gasteiger charge is -2.22. The SMILES string of the molecule is CCCCCCCCCCCCCCC(=O)OCCCCCCCCCCCCCCC/C=C\C/C=C\CCCCCCCCCCCCCCCCCCCC(=O)NC(CO)C(O)CCCCCCCCCCCCC. The van der Waals surface area contributed by atoms with Crippen molar-refractivity contribution in [1.82, 2.24) is 5.32 Å². The summed E-state index contributed by atoms with van der Waals surface area (Å²) in [5.41, 5.74) is 0. The highest BCUT2D eigenvalue weighted by Gasteiger charge is 2.20. The van der Waals surface area contributed by atoms with Crippen LogP contribution in [0.1, 0.15) is 393 Å². The highest BCUT2D eigenvalue weighted by molar-refractivity contribution is 5.76. The summed E-state index contributed by atoms with van der Waals surface area (Å²) < 4.78 is 5.48. The molecule has 0 bridgehead atoms. The fraction of sp³-hybridized carbons (Fsp3) is 0.915. The number of amides is 1. The molecule has 0 aliphatic carbocycles. The van der Waals surface area contributed by atoms with E-state index in [2.05, 4.69) is 43.5 Å². The zero-order chi connectivity index (χ0) is 55.7. The molecule has 0 radical (unpaired) electrons. The van der Waals surface area contributed by atoms with Gasteiger partial charge in [-0.15, -0.1) is 0 Å². The number of unbranched alkanes of at least 4 members (excludes halogenated alkanes) is 51. The lowest BCUT2D eigenvalue weighted by atomic mass is 10.0. The van der Waals surface area contributed by atoms with Crippen LogP contribution in [-0.2, 0) is 14.3 Å². The first-order chi connectivity index (χ1) is 38.0.